The van der Waals surface area contributed by atoms with Crippen molar-refractivity contribution in [3.05, 3.63) is 120 Å². The number of benzene rings is 4. The fourth-order valence-corrected chi connectivity index (χ4v) is 7.36. The third kappa shape index (κ3) is 2.61. The molecule has 4 aromatic rings. The van der Waals surface area contributed by atoms with Gasteiger partial charge < -0.3 is 9.30 Å². The van der Waals surface area contributed by atoms with Gasteiger partial charge in [0.1, 0.15) is 11.5 Å². The molecule has 3 heteroatoms. The third-order valence-electron chi connectivity index (χ3n) is 5.29. The van der Waals surface area contributed by atoms with Crippen LogP contribution >= 0.6 is 7.14 Å². The highest BCUT2D eigenvalue weighted by atomic mass is 31.2. The minimum atomic E-state index is -3.04. The van der Waals surface area contributed by atoms with Crippen LogP contribution in [0, 0.1) is 0 Å². The topological polar surface area (TPSA) is 26.3 Å². The molecule has 28 heavy (non-hydrogen) atoms. The highest BCUT2D eigenvalue weighted by Gasteiger charge is 2.43. The molecular weight excluding hydrogens is 363 g/mol. The van der Waals surface area contributed by atoms with Crippen LogP contribution < -0.4 is 15.3 Å². The smallest absolute Gasteiger partial charge is 0.154 e. The lowest BCUT2D eigenvalue weighted by Crippen LogP contribution is -2.24. The van der Waals surface area contributed by atoms with Gasteiger partial charge in [-0.2, -0.15) is 0 Å². The van der Waals surface area contributed by atoms with Crippen molar-refractivity contribution in [1.29, 1.82) is 0 Å². The van der Waals surface area contributed by atoms with E-state index in [2.05, 4.69) is 0 Å². The van der Waals surface area contributed by atoms with E-state index in [0.29, 0.717) is 0 Å². The molecule has 5 rings (SSSR count). The van der Waals surface area contributed by atoms with E-state index < -0.39 is 7.14 Å². The monoisotopic (exact) mass is 382 g/mol. The number of fused-ring (bicyclic) bond motifs is 2. The molecule has 0 unspecified atom stereocenters. The molecule has 0 atom stereocenters. The third-order valence-corrected chi connectivity index (χ3v) is 8.70. The highest BCUT2D eigenvalue weighted by Crippen LogP contribution is 2.64. The van der Waals surface area contributed by atoms with E-state index in [0.717, 1.165) is 33.2 Å². The molecular formula is C25H19O2P. The fourth-order valence-electron chi connectivity index (χ4n) is 4.02. The Hall–Kier alpha value is -3.09. The SMILES string of the molecule is O=P(c1ccccc1)(c1ccccc1)C1c2ccccc2Oc2ccccc21. The first-order valence-corrected chi connectivity index (χ1v) is 11.1. The molecule has 0 spiro atoms. The first-order chi connectivity index (χ1) is 13.8. The Morgan fingerprint density at radius 2 is 0.929 bits per heavy atom. The van der Waals surface area contributed by atoms with Gasteiger partial charge in [-0.15, -0.1) is 0 Å². The maximum Gasteiger partial charge on any atom is 0.154 e. The van der Waals surface area contributed by atoms with Crippen LogP contribution in [0.25, 0.3) is 0 Å². The second kappa shape index (κ2) is 6.82. The van der Waals surface area contributed by atoms with Gasteiger partial charge >= 0.3 is 0 Å². The largest absolute Gasteiger partial charge is 0.457 e. The zero-order valence-electron chi connectivity index (χ0n) is 15.2. The van der Waals surface area contributed by atoms with Gasteiger partial charge in [0.15, 0.2) is 7.14 Å². The first-order valence-electron chi connectivity index (χ1n) is 9.35. The summed E-state index contributed by atoms with van der Waals surface area (Å²) in [4.78, 5) is 0. The van der Waals surface area contributed by atoms with Crippen molar-refractivity contribution in [3.63, 3.8) is 0 Å². The normalized spacial score (nSPS) is 13.3. The Morgan fingerprint density at radius 3 is 1.39 bits per heavy atom. The van der Waals surface area contributed by atoms with Gasteiger partial charge in [0.25, 0.3) is 0 Å². The van der Waals surface area contributed by atoms with Crippen LogP contribution in [-0.2, 0) is 4.57 Å². The number of ether oxygens (including phenoxy) is 1. The van der Waals surface area contributed by atoms with E-state index in [-0.39, 0.29) is 5.66 Å². The van der Waals surface area contributed by atoms with Crippen LogP contribution in [0.1, 0.15) is 16.8 Å². The molecule has 0 saturated carbocycles. The van der Waals surface area contributed by atoms with Gasteiger partial charge in [-0.3, -0.25) is 0 Å². The summed E-state index contributed by atoms with van der Waals surface area (Å²) in [5, 5.41) is 1.72. The molecule has 0 saturated heterocycles. The van der Waals surface area contributed by atoms with Gasteiger partial charge in [-0.05, 0) is 12.1 Å². The molecule has 136 valence electrons. The molecule has 0 aromatic heterocycles. The zero-order chi connectivity index (χ0) is 19.0. The summed E-state index contributed by atoms with van der Waals surface area (Å²) in [6.07, 6.45) is 0. The zero-order valence-corrected chi connectivity index (χ0v) is 16.1. The molecule has 1 heterocycles. The van der Waals surface area contributed by atoms with Crippen molar-refractivity contribution >= 4 is 17.8 Å². The summed E-state index contributed by atoms with van der Waals surface area (Å²) in [5.41, 5.74) is 1.65. The summed E-state index contributed by atoms with van der Waals surface area (Å²) < 4.78 is 21.2. The van der Waals surface area contributed by atoms with E-state index in [1.165, 1.54) is 0 Å². The number of hydrogen-bond donors (Lipinski definition) is 0. The molecule has 4 aromatic carbocycles. The van der Waals surface area contributed by atoms with Crippen molar-refractivity contribution in [3.8, 4) is 11.5 Å². The lowest BCUT2D eigenvalue weighted by molar-refractivity contribution is 0.456. The van der Waals surface area contributed by atoms with Crippen molar-refractivity contribution < 1.29 is 9.30 Å². The van der Waals surface area contributed by atoms with Crippen molar-refractivity contribution in [2.75, 3.05) is 0 Å². The van der Waals surface area contributed by atoms with Gasteiger partial charge in [0, 0.05) is 21.7 Å². The summed E-state index contributed by atoms with van der Waals surface area (Å²) in [7, 11) is -3.04. The lowest BCUT2D eigenvalue weighted by Gasteiger charge is -2.34. The van der Waals surface area contributed by atoms with Crippen LogP contribution in [0.3, 0.4) is 0 Å². The van der Waals surface area contributed by atoms with Gasteiger partial charge in [-0.1, -0.05) is 97.1 Å². The average molecular weight is 382 g/mol. The molecule has 0 bridgehead atoms. The Morgan fingerprint density at radius 1 is 0.536 bits per heavy atom. The number of para-hydroxylation sites is 2. The van der Waals surface area contributed by atoms with Crippen molar-refractivity contribution in [2.45, 2.75) is 5.66 Å². The quantitative estimate of drug-likeness (QED) is 0.413. The highest BCUT2D eigenvalue weighted by molar-refractivity contribution is 7.79. The van der Waals surface area contributed by atoms with E-state index in [4.69, 9.17) is 4.74 Å². The summed E-state index contributed by atoms with van der Waals surface area (Å²) in [5.74, 6) is 1.55. The molecule has 0 radical (unpaired) electrons. The molecule has 0 amide bonds. The minimum absolute atomic E-state index is 0.293. The van der Waals surface area contributed by atoms with Gasteiger partial charge in [0.05, 0.1) is 5.66 Å². The molecule has 0 aliphatic carbocycles. The minimum Gasteiger partial charge on any atom is -0.457 e. The molecule has 2 nitrogen and oxygen atoms in total. The molecule has 1 aliphatic rings. The van der Waals surface area contributed by atoms with Crippen LogP contribution in [-0.4, -0.2) is 0 Å². The second-order valence-electron chi connectivity index (χ2n) is 6.91. The average Bonchev–Trinajstić information content (AvgIpc) is 2.78. The van der Waals surface area contributed by atoms with Crippen LogP contribution in [0.4, 0.5) is 0 Å². The first kappa shape index (κ1) is 17.0. The predicted octanol–water partition coefficient (Wildman–Crippen LogP) is 5.90. The van der Waals surface area contributed by atoms with E-state index in [1.807, 2.05) is 109 Å². The summed E-state index contributed by atoms with van der Waals surface area (Å²) in [6.45, 7) is 0. The standard InChI is InChI=1S/C25H19O2P/c26-28(19-11-3-1-4-12-19,20-13-5-2-6-14-20)25-21-15-7-9-17-23(21)27-24-18-10-8-16-22(24)25/h1-18,25H. The number of rotatable bonds is 3. The predicted molar refractivity (Wildman–Crippen MR) is 115 cm³/mol. The van der Waals surface area contributed by atoms with Crippen molar-refractivity contribution in [1.82, 2.24) is 0 Å². The Balaban J connectivity index is 1.85. The van der Waals surface area contributed by atoms with E-state index in [1.54, 1.807) is 0 Å². The fraction of sp³-hybridized carbons (Fsp3) is 0.0400. The maximum atomic E-state index is 15.0. The Labute approximate surface area is 164 Å². The Bertz CT molecular complexity index is 1080. The second-order valence-corrected chi connectivity index (χ2v) is 9.77. The van der Waals surface area contributed by atoms with E-state index >= 15 is 4.57 Å². The number of hydrogen-bond acceptors (Lipinski definition) is 2. The van der Waals surface area contributed by atoms with Gasteiger partial charge in [0.2, 0.25) is 0 Å². The lowest BCUT2D eigenvalue weighted by atomic mass is 10.00. The van der Waals surface area contributed by atoms with Crippen LogP contribution in [0.5, 0.6) is 11.5 Å². The summed E-state index contributed by atoms with van der Waals surface area (Å²) >= 11 is 0. The molecule has 1 aliphatic heterocycles. The molecule has 0 N–H and O–H groups in total. The van der Waals surface area contributed by atoms with Crippen LogP contribution in [0.2, 0.25) is 0 Å². The van der Waals surface area contributed by atoms with Gasteiger partial charge in [-0.25, -0.2) is 0 Å². The van der Waals surface area contributed by atoms with Crippen LogP contribution in [0.15, 0.2) is 109 Å². The Kier molecular flexibility index (Phi) is 4.15. The summed E-state index contributed by atoms with van der Waals surface area (Å²) in [6, 6.07) is 35.6. The maximum absolute atomic E-state index is 15.0. The van der Waals surface area contributed by atoms with Crippen molar-refractivity contribution in [2.24, 2.45) is 0 Å². The van der Waals surface area contributed by atoms with E-state index in [9.17, 15) is 0 Å². The molecule has 0 fully saturated rings.